The van der Waals surface area contributed by atoms with Crippen molar-refractivity contribution in [3.05, 3.63) is 35.9 Å². The van der Waals surface area contributed by atoms with Gasteiger partial charge < -0.3 is 28.6 Å². The van der Waals surface area contributed by atoms with Crippen LogP contribution in [0, 0.1) is 0 Å². The molecule has 2 heterocycles. The topological polar surface area (TPSA) is 66.5 Å². The van der Waals surface area contributed by atoms with E-state index in [0.717, 1.165) is 18.4 Å². The molecule has 0 aromatic heterocycles. The van der Waals surface area contributed by atoms with Crippen molar-refractivity contribution >= 4 is 6.09 Å². The number of amides is 1. The summed E-state index contributed by atoms with van der Waals surface area (Å²) in [6.45, 7) is 3.83. The summed E-state index contributed by atoms with van der Waals surface area (Å²) in [5.74, 6) is 0. The molecule has 7 heteroatoms. The Balaban J connectivity index is 1.27. The molecule has 0 aliphatic carbocycles. The fourth-order valence-corrected chi connectivity index (χ4v) is 3.32. The van der Waals surface area contributed by atoms with Gasteiger partial charge in [-0.15, -0.1) is 0 Å². The third-order valence-electron chi connectivity index (χ3n) is 4.96. The van der Waals surface area contributed by atoms with Crippen molar-refractivity contribution in [1.82, 2.24) is 4.90 Å². The number of hydrogen-bond acceptors (Lipinski definition) is 6. The molecule has 2 fully saturated rings. The van der Waals surface area contributed by atoms with Gasteiger partial charge in [0.2, 0.25) is 0 Å². The first kappa shape index (κ1) is 20.1. The van der Waals surface area contributed by atoms with Gasteiger partial charge in [-0.1, -0.05) is 30.3 Å². The van der Waals surface area contributed by atoms with Crippen molar-refractivity contribution in [3.63, 3.8) is 0 Å². The first-order chi connectivity index (χ1) is 13.3. The second-order valence-electron chi connectivity index (χ2n) is 6.82. The van der Waals surface area contributed by atoms with Crippen LogP contribution in [-0.2, 0) is 30.3 Å². The molecular weight excluding hydrogens is 350 g/mol. The largest absolute Gasteiger partial charge is 0.445 e. The first-order valence-electron chi connectivity index (χ1n) is 9.55. The van der Waals surface area contributed by atoms with E-state index in [-0.39, 0.29) is 24.4 Å². The van der Waals surface area contributed by atoms with E-state index in [2.05, 4.69) is 0 Å². The molecule has 1 aromatic carbocycles. The van der Waals surface area contributed by atoms with E-state index in [1.54, 1.807) is 12.0 Å². The maximum absolute atomic E-state index is 12.2. The van der Waals surface area contributed by atoms with E-state index in [1.807, 2.05) is 30.3 Å². The van der Waals surface area contributed by atoms with E-state index >= 15 is 0 Å². The Labute approximate surface area is 160 Å². The third kappa shape index (κ3) is 6.17. The number of likely N-dealkylation sites (tertiary alicyclic amines) is 1. The van der Waals surface area contributed by atoms with Gasteiger partial charge in [-0.2, -0.15) is 0 Å². The second-order valence-corrected chi connectivity index (χ2v) is 6.82. The van der Waals surface area contributed by atoms with E-state index in [1.165, 1.54) is 0 Å². The zero-order valence-corrected chi connectivity index (χ0v) is 15.9. The molecule has 2 saturated heterocycles. The molecule has 150 valence electrons. The standard InChI is InChI=1S/C20H29NO6/c1-23-18-14-24-15-19(18)26-12-11-25-17-7-9-21(10-8-17)20(22)27-13-16-5-3-2-4-6-16/h2-6,17-19H,7-15H2,1H3. The van der Waals surface area contributed by atoms with E-state index in [4.69, 9.17) is 23.7 Å². The molecule has 2 unspecified atom stereocenters. The number of nitrogens with zero attached hydrogens (tertiary/aromatic N) is 1. The van der Waals surface area contributed by atoms with Gasteiger partial charge in [0, 0.05) is 20.2 Å². The number of piperidine rings is 1. The number of carbonyl (C=O) groups excluding carboxylic acids is 1. The maximum Gasteiger partial charge on any atom is 0.410 e. The molecule has 0 N–H and O–H groups in total. The second kappa shape index (κ2) is 10.6. The van der Waals surface area contributed by atoms with Crippen LogP contribution in [0.15, 0.2) is 30.3 Å². The molecule has 1 amide bonds. The van der Waals surface area contributed by atoms with Crippen LogP contribution in [0.2, 0.25) is 0 Å². The maximum atomic E-state index is 12.2. The zero-order valence-electron chi connectivity index (χ0n) is 15.9. The highest BCUT2D eigenvalue weighted by molar-refractivity contribution is 5.67. The third-order valence-corrected chi connectivity index (χ3v) is 4.96. The number of methoxy groups -OCH3 is 1. The van der Waals surface area contributed by atoms with Crippen LogP contribution in [0.4, 0.5) is 4.79 Å². The van der Waals surface area contributed by atoms with Crippen LogP contribution < -0.4 is 0 Å². The van der Waals surface area contributed by atoms with Crippen molar-refractivity contribution in [2.45, 2.75) is 37.8 Å². The minimum Gasteiger partial charge on any atom is -0.445 e. The molecule has 3 rings (SSSR count). The Hall–Kier alpha value is -1.67. The minimum atomic E-state index is -0.257. The Kier molecular flexibility index (Phi) is 7.89. The van der Waals surface area contributed by atoms with Crippen molar-refractivity contribution < 1.29 is 28.5 Å². The average molecular weight is 379 g/mol. The molecule has 0 spiro atoms. The number of rotatable bonds is 8. The van der Waals surface area contributed by atoms with Crippen LogP contribution in [0.1, 0.15) is 18.4 Å². The van der Waals surface area contributed by atoms with Crippen molar-refractivity contribution in [2.24, 2.45) is 0 Å². The lowest BCUT2D eigenvalue weighted by Crippen LogP contribution is -2.41. The summed E-state index contributed by atoms with van der Waals surface area (Å²) in [6, 6.07) is 9.71. The summed E-state index contributed by atoms with van der Waals surface area (Å²) in [5.41, 5.74) is 0.993. The summed E-state index contributed by atoms with van der Waals surface area (Å²) in [5, 5.41) is 0. The highest BCUT2D eigenvalue weighted by Gasteiger charge is 2.29. The van der Waals surface area contributed by atoms with Crippen LogP contribution in [0.3, 0.4) is 0 Å². The summed E-state index contributed by atoms with van der Waals surface area (Å²) in [4.78, 5) is 13.9. The fraction of sp³-hybridized carbons (Fsp3) is 0.650. The Morgan fingerprint density at radius 1 is 1.07 bits per heavy atom. The van der Waals surface area contributed by atoms with Crippen molar-refractivity contribution in [3.8, 4) is 0 Å². The van der Waals surface area contributed by atoms with Gasteiger partial charge in [0.1, 0.15) is 18.8 Å². The lowest BCUT2D eigenvalue weighted by molar-refractivity contribution is -0.0661. The van der Waals surface area contributed by atoms with Crippen LogP contribution in [-0.4, -0.2) is 75.9 Å². The van der Waals surface area contributed by atoms with Gasteiger partial charge >= 0.3 is 6.09 Å². The quantitative estimate of drug-likeness (QED) is 0.646. The molecule has 0 radical (unpaired) electrons. The van der Waals surface area contributed by atoms with Crippen LogP contribution in [0.5, 0.6) is 0 Å². The Bertz CT molecular complexity index is 561. The van der Waals surface area contributed by atoms with Crippen molar-refractivity contribution in [2.75, 3.05) is 46.6 Å². The lowest BCUT2D eigenvalue weighted by Gasteiger charge is -2.31. The SMILES string of the molecule is COC1COCC1OCCOC1CCN(C(=O)OCc2ccccc2)CC1. The summed E-state index contributed by atoms with van der Waals surface area (Å²) >= 11 is 0. The first-order valence-corrected chi connectivity index (χ1v) is 9.55. The lowest BCUT2D eigenvalue weighted by atomic mass is 10.1. The van der Waals surface area contributed by atoms with Gasteiger partial charge in [-0.25, -0.2) is 4.79 Å². The molecule has 1 aromatic rings. The average Bonchev–Trinajstić information content (AvgIpc) is 3.18. The molecule has 27 heavy (non-hydrogen) atoms. The van der Waals surface area contributed by atoms with Gasteiger partial charge in [-0.3, -0.25) is 0 Å². The smallest absolute Gasteiger partial charge is 0.410 e. The van der Waals surface area contributed by atoms with Gasteiger partial charge in [0.15, 0.2) is 0 Å². The predicted octanol–water partition coefficient (Wildman–Crippen LogP) is 2.23. The number of hydrogen-bond donors (Lipinski definition) is 0. The summed E-state index contributed by atoms with van der Waals surface area (Å²) < 4.78 is 27.7. The van der Waals surface area contributed by atoms with Crippen LogP contribution in [0.25, 0.3) is 0 Å². The molecule has 2 aliphatic rings. The zero-order chi connectivity index (χ0) is 18.9. The predicted molar refractivity (Wildman–Crippen MR) is 98.5 cm³/mol. The normalized spacial score (nSPS) is 23.5. The molecule has 0 saturated carbocycles. The summed E-state index contributed by atoms with van der Waals surface area (Å²) in [6.07, 6.45) is 1.52. The Morgan fingerprint density at radius 3 is 2.52 bits per heavy atom. The van der Waals surface area contributed by atoms with Gasteiger partial charge in [0.05, 0.1) is 32.5 Å². The monoisotopic (exact) mass is 379 g/mol. The Morgan fingerprint density at radius 2 is 1.78 bits per heavy atom. The highest BCUT2D eigenvalue weighted by Crippen LogP contribution is 2.16. The molecule has 0 bridgehead atoms. The molecular formula is C20H29NO6. The number of carbonyl (C=O) groups is 1. The fourth-order valence-electron chi connectivity index (χ4n) is 3.32. The molecule has 2 atom stereocenters. The van der Waals surface area contributed by atoms with E-state index in [0.29, 0.717) is 46.1 Å². The number of benzene rings is 1. The number of ether oxygens (including phenoxy) is 5. The van der Waals surface area contributed by atoms with Gasteiger partial charge in [0.25, 0.3) is 0 Å². The van der Waals surface area contributed by atoms with Crippen LogP contribution >= 0.6 is 0 Å². The van der Waals surface area contributed by atoms with E-state index < -0.39 is 0 Å². The van der Waals surface area contributed by atoms with Gasteiger partial charge in [-0.05, 0) is 18.4 Å². The highest BCUT2D eigenvalue weighted by atomic mass is 16.6. The van der Waals surface area contributed by atoms with Crippen molar-refractivity contribution in [1.29, 1.82) is 0 Å². The summed E-state index contributed by atoms with van der Waals surface area (Å²) in [7, 11) is 1.67. The van der Waals surface area contributed by atoms with E-state index in [9.17, 15) is 4.79 Å². The molecule has 7 nitrogen and oxygen atoms in total. The molecule has 2 aliphatic heterocycles. The minimum absolute atomic E-state index is 0.00939.